The highest BCUT2D eigenvalue weighted by atomic mass is 15.1. The maximum absolute atomic E-state index is 3.42. The summed E-state index contributed by atoms with van der Waals surface area (Å²) >= 11 is 0. The molecule has 88 valence electrons. The molecule has 1 N–H and O–H groups in total. The molecule has 0 spiro atoms. The van der Waals surface area contributed by atoms with Gasteiger partial charge in [-0.2, -0.15) is 0 Å². The van der Waals surface area contributed by atoms with Crippen LogP contribution in [0, 0.1) is 5.92 Å². The van der Waals surface area contributed by atoms with E-state index in [1.807, 2.05) is 0 Å². The van der Waals surface area contributed by atoms with Crippen LogP contribution in [0.3, 0.4) is 0 Å². The van der Waals surface area contributed by atoms with Gasteiger partial charge in [-0.25, -0.2) is 0 Å². The van der Waals surface area contributed by atoms with Crippen LogP contribution in [0.2, 0.25) is 0 Å². The Morgan fingerprint density at radius 1 is 1.25 bits per heavy atom. The number of rotatable bonds is 5. The van der Waals surface area contributed by atoms with Gasteiger partial charge in [-0.3, -0.25) is 4.90 Å². The molecule has 0 saturated carbocycles. The van der Waals surface area contributed by atoms with E-state index in [1.54, 1.807) is 0 Å². The minimum Gasteiger partial charge on any atom is -0.317 e. The van der Waals surface area contributed by atoms with Gasteiger partial charge < -0.3 is 5.32 Å². The third-order valence-electron chi connectivity index (χ3n) is 3.22. The molecular weight excluding hydrogens is 196 g/mol. The molecule has 0 radical (unpaired) electrons. The Hall–Kier alpha value is -0.860. The highest BCUT2D eigenvalue weighted by molar-refractivity contribution is 5.30. The fourth-order valence-electron chi connectivity index (χ4n) is 2.43. The summed E-state index contributed by atoms with van der Waals surface area (Å²) in [6, 6.07) is 8.80. The molecule has 2 rings (SSSR count). The van der Waals surface area contributed by atoms with Crippen molar-refractivity contribution in [2.45, 2.75) is 26.9 Å². The SMILES string of the molecule is CCNCC(C)CN1Cc2ccccc2C1. The average molecular weight is 218 g/mol. The van der Waals surface area contributed by atoms with Crippen molar-refractivity contribution in [3.05, 3.63) is 35.4 Å². The van der Waals surface area contributed by atoms with Crippen LogP contribution in [0.15, 0.2) is 24.3 Å². The second-order valence-corrected chi connectivity index (χ2v) is 4.85. The maximum Gasteiger partial charge on any atom is 0.0240 e. The summed E-state index contributed by atoms with van der Waals surface area (Å²) in [4.78, 5) is 2.55. The quantitative estimate of drug-likeness (QED) is 0.815. The Morgan fingerprint density at radius 3 is 2.44 bits per heavy atom. The average Bonchev–Trinajstić information content (AvgIpc) is 2.68. The monoisotopic (exact) mass is 218 g/mol. The number of nitrogens with zero attached hydrogens (tertiary/aromatic N) is 1. The molecule has 1 aromatic rings. The molecule has 0 aliphatic carbocycles. The highest BCUT2D eigenvalue weighted by Crippen LogP contribution is 2.22. The molecule has 2 heteroatoms. The van der Waals surface area contributed by atoms with Crippen LogP contribution < -0.4 is 5.32 Å². The van der Waals surface area contributed by atoms with Gasteiger partial charge in [0.25, 0.3) is 0 Å². The summed E-state index contributed by atoms with van der Waals surface area (Å²) in [6.07, 6.45) is 0. The maximum atomic E-state index is 3.42. The lowest BCUT2D eigenvalue weighted by atomic mass is 10.1. The second kappa shape index (κ2) is 5.46. The van der Waals surface area contributed by atoms with Crippen molar-refractivity contribution in [2.75, 3.05) is 19.6 Å². The van der Waals surface area contributed by atoms with Crippen molar-refractivity contribution in [2.24, 2.45) is 5.92 Å². The number of nitrogens with one attached hydrogen (secondary N) is 1. The molecular formula is C14H22N2. The van der Waals surface area contributed by atoms with E-state index < -0.39 is 0 Å². The van der Waals surface area contributed by atoms with Crippen molar-refractivity contribution in [3.8, 4) is 0 Å². The lowest BCUT2D eigenvalue weighted by Crippen LogP contribution is -2.30. The molecule has 16 heavy (non-hydrogen) atoms. The van der Waals surface area contributed by atoms with Gasteiger partial charge in [0.2, 0.25) is 0 Å². The predicted octanol–water partition coefficient (Wildman–Crippen LogP) is 2.25. The zero-order chi connectivity index (χ0) is 11.4. The van der Waals surface area contributed by atoms with E-state index in [1.165, 1.54) is 17.7 Å². The molecule has 1 aliphatic rings. The predicted molar refractivity (Wildman–Crippen MR) is 68.3 cm³/mol. The molecule has 1 atom stereocenters. The van der Waals surface area contributed by atoms with Crippen molar-refractivity contribution in [3.63, 3.8) is 0 Å². The largest absolute Gasteiger partial charge is 0.317 e. The van der Waals surface area contributed by atoms with Gasteiger partial charge >= 0.3 is 0 Å². The van der Waals surface area contributed by atoms with E-state index in [-0.39, 0.29) is 0 Å². The standard InChI is InChI=1S/C14H22N2/c1-3-15-8-12(2)9-16-10-13-6-4-5-7-14(13)11-16/h4-7,12,15H,3,8-11H2,1-2H3. The van der Waals surface area contributed by atoms with Crippen molar-refractivity contribution < 1.29 is 0 Å². The van der Waals surface area contributed by atoms with Crippen molar-refractivity contribution >= 4 is 0 Å². The van der Waals surface area contributed by atoms with Crippen LogP contribution in [0.25, 0.3) is 0 Å². The van der Waals surface area contributed by atoms with E-state index in [2.05, 4.69) is 48.3 Å². The van der Waals surface area contributed by atoms with Crippen LogP contribution in [-0.4, -0.2) is 24.5 Å². The third-order valence-corrected chi connectivity index (χ3v) is 3.22. The highest BCUT2D eigenvalue weighted by Gasteiger charge is 2.19. The summed E-state index contributed by atoms with van der Waals surface area (Å²) in [6.45, 7) is 10.2. The summed E-state index contributed by atoms with van der Waals surface area (Å²) in [5, 5.41) is 3.42. The Balaban J connectivity index is 1.82. The van der Waals surface area contributed by atoms with Gasteiger partial charge in [0.1, 0.15) is 0 Å². The van der Waals surface area contributed by atoms with E-state index in [4.69, 9.17) is 0 Å². The number of hydrogen-bond donors (Lipinski definition) is 1. The van der Waals surface area contributed by atoms with Crippen molar-refractivity contribution in [1.29, 1.82) is 0 Å². The molecule has 2 nitrogen and oxygen atoms in total. The van der Waals surface area contributed by atoms with E-state index in [0.29, 0.717) is 0 Å². The second-order valence-electron chi connectivity index (χ2n) is 4.85. The van der Waals surface area contributed by atoms with Crippen molar-refractivity contribution in [1.82, 2.24) is 10.2 Å². The van der Waals surface area contributed by atoms with Crippen LogP contribution in [-0.2, 0) is 13.1 Å². The normalized spacial score (nSPS) is 17.4. The summed E-state index contributed by atoms with van der Waals surface area (Å²) in [7, 11) is 0. The number of hydrogen-bond acceptors (Lipinski definition) is 2. The molecule has 1 aromatic carbocycles. The minimum atomic E-state index is 0.731. The van der Waals surface area contributed by atoms with Crippen LogP contribution in [0.1, 0.15) is 25.0 Å². The smallest absolute Gasteiger partial charge is 0.0240 e. The Bertz CT molecular complexity index is 310. The fourth-order valence-corrected chi connectivity index (χ4v) is 2.43. The first kappa shape index (κ1) is 11.6. The number of fused-ring (bicyclic) bond motifs is 1. The fraction of sp³-hybridized carbons (Fsp3) is 0.571. The molecule has 0 fully saturated rings. The lowest BCUT2D eigenvalue weighted by Gasteiger charge is -2.20. The summed E-state index contributed by atoms with van der Waals surface area (Å²) in [5.74, 6) is 0.731. The first-order valence-corrected chi connectivity index (χ1v) is 6.29. The molecule has 0 amide bonds. The van der Waals surface area contributed by atoms with E-state index >= 15 is 0 Å². The molecule has 1 aliphatic heterocycles. The Labute approximate surface area is 98.7 Å². The van der Waals surface area contributed by atoms with Gasteiger partial charge in [-0.1, -0.05) is 38.1 Å². The third kappa shape index (κ3) is 2.83. The van der Waals surface area contributed by atoms with Crippen LogP contribution in [0.4, 0.5) is 0 Å². The summed E-state index contributed by atoms with van der Waals surface area (Å²) in [5.41, 5.74) is 3.02. The number of benzene rings is 1. The Morgan fingerprint density at radius 2 is 1.88 bits per heavy atom. The van der Waals surface area contributed by atoms with Gasteiger partial charge in [0.05, 0.1) is 0 Å². The van der Waals surface area contributed by atoms with Crippen LogP contribution >= 0.6 is 0 Å². The molecule has 1 unspecified atom stereocenters. The molecule has 1 heterocycles. The first-order chi connectivity index (χ1) is 7.79. The zero-order valence-corrected chi connectivity index (χ0v) is 10.4. The molecule has 0 bridgehead atoms. The van der Waals surface area contributed by atoms with Gasteiger partial charge in [0, 0.05) is 19.6 Å². The summed E-state index contributed by atoms with van der Waals surface area (Å²) < 4.78 is 0. The van der Waals surface area contributed by atoms with E-state index in [0.717, 1.165) is 32.1 Å². The zero-order valence-electron chi connectivity index (χ0n) is 10.4. The van der Waals surface area contributed by atoms with Gasteiger partial charge in [-0.05, 0) is 30.1 Å². The first-order valence-electron chi connectivity index (χ1n) is 6.29. The molecule has 0 aromatic heterocycles. The lowest BCUT2D eigenvalue weighted by molar-refractivity contribution is 0.240. The van der Waals surface area contributed by atoms with Crippen LogP contribution in [0.5, 0.6) is 0 Å². The van der Waals surface area contributed by atoms with E-state index in [9.17, 15) is 0 Å². The Kier molecular flexibility index (Phi) is 3.97. The minimum absolute atomic E-state index is 0.731. The topological polar surface area (TPSA) is 15.3 Å². The van der Waals surface area contributed by atoms with Gasteiger partial charge in [-0.15, -0.1) is 0 Å². The van der Waals surface area contributed by atoms with Gasteiger partial charge in [0.15, 0.2) is 0 Å². The molecule has 0 saturated heterocycles.